The van der Waals surface area contributed by atoms with Crippen molar-refractivity contribution in [1.82, 2.24) is 0 Å². The van der Waals surface area contributed by atoms with Crippen molar-refractivity contribution in [3.05, 3.63) is 30.3 Å². The van der Waals surface area contributed by atoms with Gasteiger partial charge in [0.25, 0.3) is 0 Å². The molecule has 1 N–H and O–H groups in total. The highest BCUT2D eigenvalue weighted by atomic mass is 28.4. The van der Waals surface area contributed by atoms with Gasteiger partial charge in [-0.25, -0.2) is 0 Å². The van der Waals surface area contributed by atoms with Crippen molar-refractivity contribution in [3.8, 4) is 0 Å². The minimum atomic E-state index is -3.09. The van der Waals surface area contributed by atoms with Crippen LogP contribution in [0.25, 0.3) is 0 Å². The van der Waals surface area contributed by atoms with Crippen molar-refractivity contribution in [2.45, 2.75) is 38.5 Å². The molecule has 0 aliphatic heterocycles. The molecule has 0 saturated carbocycles. The highest BCUT2D eigenvalue weighted by Gasteiger charge is 2.46. The van der Waals surface area contributed by atoms with Crippen LogP contribution >= 0.6 is 0 Å². The Bertz CT molecular complexity index is 429. The van der Waals surface area contributed by atoms with Crippen molar-refractivity contribution in [2.75, 3.05) is 33.2 Å². The van der Waals surface area contributed by atoms with Crippen LogP contribution in [0.3, 0.4) is 0 Å². The molecule has 1 aromatic carbocycles. The highest BCUT2D eigenvalue weighted by molar-refractivity contribution is 6.92. The molecule has 1 rings (SSSR count). The van der Waals surface area contributed by atoms with E-state index in [0.29, 0.717) is 6.42 Å². The first-order chi connectivity index (χ1) is 11.2. The van der Waals surface area contributed by atoms with Gasteiger partial charge in [-0.15, -0.1) is 0 Å². The summed E-state index contributed by atoms with van der Waals surface area (Å²) >= 11 is 0. The second kappa shape index (κ2) is 11.3. The molecule has 6 heteroatoms. The summed E-state index contributed by atoms with van der Waals surface area (Å²) in [5, 5.41) is 3.37. The first-order valence-corrected chi connectivity index (χ1v) is 9.88. The van der Waals surface area contributed by atoms with E-state index < -0.39 is 8.80 Å². The van der Waals surface area contributed by atoms with Crippen LogP contribution < -0.4 is 5.32 Å². The average Bonchev–Trinajstić information content (AvgIpc) is 2.60. The van der Waals surface area contributed by atoms with Gasteiger partial charge in [-0.05, 0) is 25.0 Å². The second-order valence-corrected chi connectivity index (χ2v) is 8.30. The Labute approximate surface area is 140 Å². The minimum Gasteiger partial charge on any atom is -0.385 e. The molecule has 0 heterocycles. The van der Waals surface area contributed by atoms with Gasteiger partial charge in [-0.2, -0.15) is 0 Å². The molecule has 0 aromatic heterocycles. The number of para-hydroxylation sites is 1. The fraction of sp³-hybridized carbons (Fsp3) is 0.588. The monoisotopic (exact) mass is 339 g/mol. The topological polar surface area (TPSA) is 56.8 Å². The van der Waals surface area contributed by atoms with E-state index in [9.17, 15) is 4.79 Å². The number of hydrogen-bond acceptors (Lipinski definition) is 5. The van der Waals surface area contributed by atoms with E-state index in [1.54, 1.807) is 0 Å². The van der Waals surface area contributed by atoms with Crippen LogP contribution in [0.5, 0.6) is 0 Å². The van der Waals surface area contributed by atoms with Crippen molar-refractivity contribution >= 4 is 19.9 Å². The van der Waals surface area contributed by atoms with E-state index in [1.807, 2.05) is 18.2 Å². The zero-order valence-electron chi connectivity index (χ0n) is 14.5. The summed E-state index contributed by atoms with van der Waals surface area (Å²) in [6.45, 7) is 0.982. The zero-order valence-corrected chi connectivity index (χ0v) is 15.5. The Kier molecular flexibility index (Phi) is 9.78. The van der Waals surface area contributed by atoms with Gasteiger partial charge in [0.1, 0.15) is 0 Å². The van der Waals surface area contributed by atoms with Gasteiger partial charge in [0.15, 0.2) is 0 Å². The minimum absolute atomic E-state index is 0.0317. The third kappa shape index (κ3) is 6.82. The van der Waals surface area contributed by atoms with E-state index >= 15 is 0 Å². The molecule has 0 unspecified atom stereocenters. The van der Waals surface area contributed by atoms with E-state index in [0.717, 1.165) is 44.3 Å². The summed E-state index contributed by atoms with van der Waals surface area (Å²) in [4.78, 5) is 12.1. The molecule has 0 fully saturated rings. The lowest BCUT2D eigenvalue weighted by atomic mass is 10.1. The molecule has 5 nitrogen and oxygen atoms in total. The summed E-state index contributed by atoms with van der Waals surface area (Å²) in [6, 6.07) is 10.2. The third-order valence-electron chi connectivity index (χ3n) is 3.83. The molecule has 0 bridgehead atoms. The molecule has 0 atom stereocenters. The van der Waals surface area contributed by atoms with E-state index in [1.165, 1.54) is 21.3 Å². The van der Waals surface area contributed by atoms with Crippen LogP contribution in [-0.4, -0.2) is 42.1 Å². The number of nitrogens with one attached hydrogen (secondary N) is 1. The van der Waals surface area contributed by atoms with Gasteiger partial charge in [0.2, 0.25) is 5.41 Å². The van der Waals surface area contributed by atoms with Crippen LogP contribution in [-0.2, 0) is 18.1 Å². The first-order valence-electron chi connectivity index (χ1n) is 8.16. The van der Waals surface area contributed by atoms with Crippen LogP contribution in [0.15, 0.2) is 30.3 Å². The summed E-state index contributed by atoms with van der Waals surface area (Å²) in [6.07, 6.45) is 5.79. The van der Waals surface area contributed by atoms with Gasteiger partial charge < -0.3 is 18.6 Å². The lowest BCUT2D eigenvalue weighted by Crippen LogP contribution is -2.51. The molecular formula is C17H29NO4Si. The number of hydrogen-bond donors (Lipinski definition) is 1. The predicted molar refractivity (Wildman–Crippen MR) is 94.4 cm³/mol. The van der Waals surface area contributed by atoms with Gasteiger partial charge >= 0.3 is 8.80 Å². The number of carbonyl (C=O) groups is 1. The SMILES string of the molecule is CO[Si](OC)(OC)C(=O)CCCCCCCNc1ccccc1. The normalized spacial score (nSPS) is 11.4. The fourth-order valence-electron chi connectivity index (χ4n) is 2.47. The summed E-state index contributed by atoms with van der Waals surface area (Å²) < 4.78 is 15.6. The van der Waals surface area contributed by atoms with Crippen LogP contribution in [0.2, 0.25) is 0 Å². The first kappa shape index (κ1) is 19.8. The molecular weight excluding hydrogens is 310 g/mol. The number of anilines is 1. The van der Waals surface area contributed by atoms with Gasteiger partial charge in [-0.1, -0.05) is 37.5 Å². The molecule has 0 aliphatic rings. The van der Waals surface area contributed by atoms with Gasteiger partial charge in [-0.3, -0.25) is 4.79 Å². The van der Waals surface area contributed by atoms with E-state index in [4.69, 9.17) is 13.3 Å². The number of benzene rings is 1. The average molecular weight is 340 g/mol. The Hall–Kier alpha value is -1.21. The Morgan fingerprint density at radius 1 is 0.913 bits per heavy atom. The van der Waals surface area contributed by atoms with Crippen molar-refractivity contribution < 1.29 is 18.1 Å². The van der Waals surface area contributed by atoms with Crippen molar-refractivity contribution in [1.29, 1.82) is 0 Å². The molecule has 0 aliphatic carbocycles. The maximum atomic E-state index is 12.1. The number of unbranched alkanes of at least 4 members (excludes halogenated alkanes) is 4. The quantitative estimate of drug-likeness (QED) is 0.441. The zero-order chi connectivity index (χ0) is 17.0. The molecule has 1 aromatic rings. The Morgan fingerprint density at radius 2 is 1.48 bits per heavy atom. The fourth-order valence-corrected chi connectivity index (χ4v) is 4.14. The molecule has 23 heavy (non-hydrogen) atoms. The van der Waals surface area contributed by atoms with Crippen LogP contribution in [0.1, 0.15) is 38.5 Å². The van der Waals surface area contributed by atoms with E-state index in [-0.39, 0.29) is 5.41 Å². The standard InChI is InChI=1S/C17H29NO4Si/c1-20-23(21-2,22-3)17(19)14-10-5-4-6-11-15-18-16-12-8-7-9-13-16/h7-9,12-13,18H,4-6,10-11,14-15H2,1-3H3. The predicted octanol–water partition coefficient (Wildman–Crippen LogP) is 3.43. The maximum Gasteiger partial charge on any atom is 0.573 e. The van der Waals surface area contributed by atoms with Crippen LogP contribution in [0, 0.1) is 0 Å². The third-order valence-corrected chi connectivity index (χ3v) is 6.38. The Morgan fingerprint density at radius 3 is 2.09 bits per heavy atom. The maximum absolute atomic E-state index is 12.1. The summed E-state index contributed by atoms with van der Waals surface area (Å²) in [7, 11) is 1.32. The molecule has 0 amide bonds. The van der Waals surface area contributed by atoms with Crippen molar-refractivity contribution in [2.24, 2.45) is 0 Å². The number of carbonyl (C=O) groups excluding carboxylic acids is 1. The summed E-state index contributed by atoms with van der Waals surface area (Å²) in [5.74, 6) is 0. The smallest absolute Gasteiger partial charge is 0.385 e. The molecule has 0 saturated heterocycles. The second-order valence-electron chi connectivity index (χ2n) is 5.40. The van der Waals surface area contributed by atoms with E-state index in [2.05, 4.69) is 17.4 Å². The van der Waals surface area contributed by atoms with Crippen molar-refractivity contribution in [3.63, 3.8) is 0 Å². The number of rotatable bonds is 13. The lowest BCUT2D eigenvalue weighted by Gasteiger charge is -2.22. The van der Waals surface area contributed by atoms with Gasteiger partial charge in [0.05, 0.1) is 0 Å². The summed E-state index contributed by atoms with van der Waals surface area (Å²) in [5.41, 5.74) is 1.16. The van der Waals surface area contributed by atoms with Crippen LogP contribution in [0.4, 0.5) is 5.69 Å². The highest BCUT2D eigenvalue weighted by Crippen LogP contribution is 2.14. The molecule has 0 spiro atoms. The largest absolute Gasteiger partial charge is 0.573 e. The molecule has 130 valence electrons. The van der Waals surface area contributed by atoms with Gasteiger partial charge in [0, 0.05) is 40.0 Å². The lowest BCUT2D eigenvalue weighted by molar-refractivity contribution is -0.118. The Balaban J connectivity index is 2.06. The molecule has 0 radical (unpaired) electrons.